The molecule has 1 N–H and O–H groups in total. The van der Waals surface area contributed by atoms with E-state index in [1.54, 1.807) is 4.68 Å². The minimum atomic E-state index is -0.451. The molecule has 0 bridgehead atoms. The molecule has 1 aliphatic heterocycles. The van der Waals surface area contributed by atoms with Gasteiger partial charge in [0.15, 0.2) is 5.82 Å². The van der Waals surface area contributed by atoms with Crippen molar-refractivity contribution in [3.63, 3.8) is 0 Å². The molecular formula is C11H18N4O2. The number of hydrogen-bond donors (Lipinski definition) is 1. The second-order valence-electron chi connectivity index (χ2n) is 5.32. The molecule has 0 saturated heterocycles. The SMILES string of the molecule is COC(=O)c1nnn2c1NCCC2C(C)(C)C. The Morgan fingerprint density at radius 2 is 2.24 bits per heavy atom. The van der Waals surface area contributed by atoms with Crippen molar-refractivity contribution in [3.05, 3.63) is 5.69 Å². The predicted molar refractivity (Wildman–Crippen MR) is 63.0 cm³/mol. The first-order chi connectivity index (χ1) is 7.95. The lowest BCUT2D eigenvalue weighted by Crippen LogP contribution is -2.32. The zero-order chi connectivity index (χ0) is 12.6. The molecule has 1 atom stereocenters. The Bertz CT molecular complexity index is 433. The molecule has 0 radical (unpaired) electrons. The maximum atomic E-state index is 11.5. The summed E-state index contributed by atoms with van der Waals surface area (Å²) in [4.78, 5) is 11.5. The highest BCUT2D eigenvalue weighted by atomic mass is 16.5. The zero-order valence-corrected chi connectivity index (χ0v) is 10.6. The number of aromatic nitrogens is 3. The fourth-order valence-corrected chi connectivity index (χ4v) is 2.16. The van der Waals surface area contributed by atoms with Crippen LogP contribution in [-0.4, -0.2) is 34.6 Å². The molecule has 1 aromatic rings. The average molecular weight is 238 g/mol. The molecule has 0 fully saturated rings. The van der Waals surface area contributed by atoms with Gasteiger partial charge in [0.1, 0.15) is 0 Å². The zero-order valence-electron chi connectivity index (χ0n) is 10.6. The third-order valence-corrected chi connectivity index (χ3v) is 3.08. The molecule has 0 saturated carbocycles. The van der Waals surface area contributed by atoms with Gasteiger partial charge in [-0.2, -0.15) is 0 Å². The van der Waals surface area contributed by atoms with Gasteiger partial charge >= 0.3 is 5.97 Å². The van der Waals surface area contributed by atoms with Crippen LogP contribution >= 0.6 is 0 Å². The molecule has 6 nitrogen and oxygen atoms in total. The van der Waals surface area contributed by atoms with Crippen LogP contribution in [0.5, 0.6) is 0 Å². The Morgan fingerprint density at radius 1 is 1.53 bits per heavy atom. The molecule has 17 heavy (non-hydrogen) atoms. The van der Waals surface area contributed by atoms with E-state index < -0.39 is 5.97 Å². The van der Waals surface area contributed by atoms with Crippen molar-refractivity contribution >= 4 is 11.8 Å². The van der Waals surface area contributed by atoms with Crippen LogP contribution in [-0.2, 0) is 4.74 Å². The van der Waals surface area contributed by atoms with Gasteiger partial charge in [0.05, 0.1) is 13.2 Å². The van der Waals surface area contributed by atoms with Gasteiger partial charge in [0.25, 0.3) is 0 Å². The van der Waals surface area contributed by atoms with Gasteiger partial charge in [-0.25, -0.2) is 9.48 Å². The summed E-state index contributed by atoms with van der Waals surface area (Å²) in [5.41, 5.74) is 0.347. The number of carbonyl (C=O) groups is 1. The summed E-state index contributed by atoms with van der Waals surface area (Å²) in [6, 6.07) is 0.240. The maximum absolute atomic E-state index is 11.5. The standard InChI is InChI=1S/C11H18N4O2/c1-11(2,3)7-5-6-12-9-8(10(16)17-4)13-14-15(7)9/h7,12H,5-6H2,1-4H3. The van der Waals surface area contributed by atoms with Crippen LogP contribution in [0.3, 0.4) is 0 Å². The lowest BCUT2D eigenvalue weighted by molar-refractivity contribution is 0.0595. The van der Waals surface area contributed by atoms with Crippen molar-refractivity contribution in [2.24, 2.45) is 5.41 Å². The Morgan fingerprint density at radius 3 is 2.82 bits per heavy atom. The summed E-state index contributed by atoms with van der Waals surface area (Å²) >= 11 is 0. The summed E-state index contributed by atoms with van der Waals surface area (Å²) in [7, 11) is 1.35. The normalized spacial score (nSPS) is 19.4. The van der Waals surface area contributed by atoms with Crippen LogP contribution in [0.15, 0.2) is 0 Å². The molecule has 94 valence electrons. The number of fused-ring (bicyclic) bond motifs is 1. The van der Waals surface area contributed by atoms with Crippen LogP contribution in [0.1, 0.15) is 43.7 Å². The first-order valence-electron chi connectivity index (χ1n) is 5.72. The quantitative estimate of drug-likeness (QED) is 0.750. The molecule has 1 unspecified atom stereocenters. The van der Waals surface area contributed by atoms with Crippen molar-refractivity contribution < 1.29 is 9.53 Å². The van der Waals surface area contributed by atoms with Gasteiger partial charge in [0.2, 0.25) is 5.69 Å². The summed E-state index contributed by atoms with van der Waals surface area (Å²) in [5.74, 6) is 0.219. The van der Waals surface area contributed by atoms with Crippen molar-refractivity contribution in [1.82, 2.24) is 15.0 Å². The average Bonchev–Trinajstić information content (AvgIpc) is 2.69. The number of nitrogens with one attached hydrogen (secondary N) is 1. The lowest BCUT2D eigenvalue weighted by Gasteiger charge is -2.34. The lowest BCUT2D eigenvalue weighted by atomic mass is 9.84. The Labute approximate surface area is 100 Å². The summed E-state index contributed by atoms with van der Waals surface area (Å²) in [6.07, 6.45) is 0.973. The minimum absolute atomic E-state index is 0.0813. The van der Waals surface area contributed by atoms with Crippen molar-refractivity contribution in [2.75, 3.05) is 19.0 Å². The predicted octanol–water partition coefficient (Wildman–Crippen LogP) is 1.47. The molecule has 1 aliphatic rings. The van der Waals surface area contributed by atoms with E-state index in [-0.39, 0.29) is 17.2 Å². The number of nitrogens with zero attached hydrogens (tertiary/aromatic N) is 3. The molecule has 2 heterocycles. The third kappa shape index (κ3) is 1.99. The number of anilines is 1. The number of carbonyl (C=O) groups excluding carboxylic acids is 1. The van der Waals surface area contributed by atoms with Crippen LogP contribution < -0.4 is 5.32 Å². The molecule has 6 heteroatoms. The number of hydrogen-bond acceptors (Lipinski definition) is 5. The topological polar surface area (TPSA) is 69.0 Å². The van der Waals surface area contributed by atoms with Gasteiger partial charge in [-0.1, -0.05) is 26.0 Å². The largest absolute Gasteiger partial charge is 0.464 e. The molecule has 0 aromatic carbocycles. The van der Waals surface area contributed by atoms with Gasteiger partial charge in [0, 0.05) is 6.54 Å². The summed E-state index contributed by atoms with van der Waals surface area (Å²) < 4.78 is 6.49. The Balaban J connectivity index is 2.42. The highest BCUT2D eigenvalue weighted by molar-refractivity contribution is 5.92. The molecule has 0 amide bonds. The van der Waals surface area contributed by atoms with E-state index in [0.29, 0.717) is 5.82 Å². The van der Waals surface area contributed by atoms with Crippen molar-refractivity contribution in [1.29, 1.82) is 0 Å². The monoisotopic (exact) mass is 238 g/mol. The molecule has 1 aromatic heterocycles. The van der Waals surface area contributed by atoms with Crippen molar-refractivity contribution in [2.45, 2.75) is 33.2 Å². The Kier molecular flexibility index (Phi) is 2.81. The number of ether oxygens (including phenoxy) is 1. The highest BCUT2D eigenvalue weighted by Gasteiger charge is 2.34. The fourth-order valence-electron chi connectivity index (χ4n) is 2.16. The molecular weight excluding hydrogens is 220 g/mol. The van der Waals surface area contributed by atoms with E-state index in [1.807, 2.05) is 0 Å². The van der Waals surface area contributed by atoms with Gasteiger partial charge in [-0.15, -0.1) is 5.10 Å². The van der Waals surface area contributed by atoms with Crippen LogP contribution in [0, 0.1) is 5.41 Å². The van der Waals surface area contributed by atoms with E-state index in [9.17, 15) is 4.79 Å². The Hall–Kier alpha value is -1.59. The number of esters is 1. The van der Waals surface area contributed by atoms with E-state index in [1.165, 1.54) is 7.11 Å². The van der Waals surface area contributed by atoms with E-state index in [4.69, 9.17) is 0 Å². The second kappa shape index (κ2) is 4.01. The summed E-state index contributed by atoms with van der Waals surface area (Å²) in [6.45, 7) is 7.30. The highest BCUT2D eigenvalue weighted by Crippen LogP contribution is 2.37. The fraction of sp³-hybridized carbons (Fsp3) is 0.727. The van der Waals surface area contributed by atoms with Gasteiger partial charge in [-0.05, 0) is 11.8 Å². The third-order valence-electron chi connectivity index (χ3n) is 3.08. The van der Waals surface area contributed by atoms with Crippen molar-refractivity contribution in [3.8, 4) is 0 Å². The van der Waals surface area contributed by atoms with Crippen LogP contribution in [0.25, 0.3) is 0 Å². The smallest absolute Gasteiger partial charge is 0.362 e. The maximum Gasteiger partial charge on any atom is 0.362 e. The van der Waals surface area contributed by atoms with Gasteiger partial charge in [-0.3, -0.25) is 0 Å². The molecule has 2 rings (SSSR count). The molecule has 0 aliphatic carbocycles. The summed E-state index contributed by atoms with van der Waals surface area (Å²) in [5, 5.41) is 11.2. The van der Waals surface area contributed by atoms with Gasteiger partial charge < -0.3 is 10.1 Å². The van der Waals surface area contributed by atoms with E-state index >= 15 is 0 Å². The first-order valence-corrected chi connectivity index (χ1v) is 5.72. The molecule has 0 spiro atoms. The number of rotatable bonds is 1. The minimum Gasteiger partial charge on any atom is -0.464 e. The van der Waals surface area contributed by atoms with E-state index in [2.05, 4.69) is 41.1 Å². The van der Waals surface area contributed by atoms with Crippen LogP contribution in [0.4, 0.5) is 5.82 Å². The first kappa shape index (κ1) is 11.9. The van der Waals surface area contributed by atoms with Crippen LogP contribution in [0.2, 0.25) is 0 Å². The second-order valence-corrected chi connectivity index (χ2v) is 5.32. The number of methoxy groups -OCH3 is 1. The van der Waals surface area contributed by atoms with E-state index in [0.717, 1.165) is 13.0 Å².